The minimum Gasteiger partial charge on any atom is -0.302 e. The molecule has 1 aliphatic rings. The fourth-order valence-corrected chi connectivity index (χ4v) is 1.83. The van der Waals surface area contributed by atoms with Crippen LogP contribution in [0.2, 0.25) is 0 Å². The molecule has 0 atom stereocenters. The predicted octanol–water partition coefficient (Wildman–Crippen LogP) is 2.41. The Balaban J connectivity index is 2.33. The van der Waals surface area contributed by atoms with E-state index in [-0.39, 0.29) is 0 Å². The van der Waals surface area contributed by atoms with E-state index in [0.29, 0.717) is 19.0 Å². The van der Waals surface area contributed by atoms with Gasteiger partial charge in [0.15, 0.2) is 0 Å². The van der Waals surface area contributed by atoms with E-state index in [1.807, 2.05) is 36.4 Å². The summed E-state index contributed by atoms with van der Waals surface area (Å²) < 4.78 is 0. The number of carbonyl (C=O) groups is 2. The summed E-state index contributed by atoms with van der Waals surface area (Å²) in [4.78, 5) is 22.0. The number of aldehydes is 2. The van der Waals surface area contributed by atoms with Crippen molar-refractivity contribution in [3.63, 3.8) is 0 Å². The van der Waals surface area contributed by atoms with E-state index < -0.39 is 5.41 Å². The molecule has 1 aromatic carbocycles. The Morgan fingerprint density at radius 1 is 1.06 bits per heavy atom. The van der Waals surface area contributed by atoms with Crippen molar-refractivity contribution in [2.45, 2.75) is 6.42 Å². The normalized spacial score (nSPS) is 17.6. The maximum absolute atomic E-state index is 11.0. The molecule has 16 heavy (non-hydrogen) atoms. The number of rotatable bonds is 3. The van der Waals surface area contributed by atoms with E-state index in [1.165, 1.54) is 0 Å². The molecule has 2 heteroatoms. The minimum absolute atomic E-state index is 0.445. The zero-order valence-electron chi connectivity index (χ0n) is 8.80. The Morgan fingerprint density at radius 3 is 2.38 bits per heavy atom. The largest absolute Gasteiger partial charge is 0.302 e. The highest BCUT2D eigenvalue weighted by Crippen LogP contribution is 2.33. The number of hydrogen-bond acceptors (Lipinski definition) is 2. The SMILES string of the molecule is O=CC1(C=O)C=CC=C(c2ccccc2)C1. The average molecular weight is 212 g/mol. The summed E-state index contributed by atoms with van der Waals surface area (Å²) in [5.74, 6) is 0. The summed E-state index contributed by atoms with van der Waals surface area (Å²) in [6, 6.07) is 9.78. The number of benzene rings is 1. The lowest BCUT2D eigenvalue weighted by molar-refractivity contribution is -0.123. The zero-order chi connectivity index (χ0) is 11.4. The van der Waals surface area contributed by atoms with Gasteiger partial charge in [-0.25, -0.2) is 0 Å². The third kappa shape index (κ3) is 1.87. The molecule has 0 radical (unpaired) electrons. The van der Waals surface area contributed by atoms with Crippen LogP contribution in [-0.4, -0.2) is 12.6 Å². The summed E-state index contributed by atoms with van der Waals surface area (Å²) in [5.41, 5.74) is 1.10. The third-order valence-corrected chi connectivity index (χ3v) is 2.78. The van der Waals surface area contributed by atoms with E-state index >= 15 is 0 Å². The van der Waals surface area contributed by atoms with Gasteiger partial charge in [0.25, 0.3) is 0 Å². The molecule has 0 heterocycles. The molecule has 0 bridgehead atoms. The summed E-state index contributed by atoms with van der Waals surface area (Å²) in [6.45, 7) is 0. The van der Waals surface area contributed by atoms with Crippen molar-refractivity contribution in [1.82, 2.24) is 0 Å². The molecule has 80 valence electrons. The summed E-state index contributed by atoms with van der Waals surface area (Å²) in [6.07, 6.45) is 7.24. The second-order valence-corrected chi connectivity index (χ2v) is 3.94. The van der Waals surface area contributed by atoms with Gasteiger partial charge < -0.3 is 9.59 Å². The van der Waals surface area contributed by atoms with Gasteiger partial charge in [-0.2, -0.15) is 0 Å². The van der Waals surface area contributed by atoms with Crippen molar-refractivity contribution in [3.05, 3.63) is 54.1 Å². The highest BCUT2D eigenvalue weighted by Gasteiger charge is 2.29. The molecule has 0 N–H and O–H groups in total. The first-order valence-electron chi connectivity index (χ1n) is 5.16. The van der Waals surface area contributed by atoms with Gasteiger partial charge in [0.1, 0.15) is 18.0 Å². The summed E-state index contributed by atoms with van der Waals surface area (Å²) in [5, 5.41) is 0. The molecule has 1 aromatic rings. The van der Waals surface area contributed by atoms with Crippen molar-refractivity contribution in [1.29, 1.82) is 0 Å². The van der Waals surface area contributed by atoms with Gasteiger partial charge in [-0.15, -0.1) is 0 Å². The zero-order valence-corrected chi connectivity index (χ0v) is 8.80. The highest BCUT2D eigenvalue weighted by atomic mass is 16.1. The van der Waals surface area contributed by atoms with E-state index in [0.717, 1.165) is 11.1 Å². The van der Waals surface area contributed by atoms with Crippen molar-refractivity contribution in [2.24, 2.45) is 5.41 Å². The van der Waals surface area contributed by atoms with Crippen LogP contribution in [0.5, 0.6) is 0 Å². The van der Waals surface area contributed by atoms with E-state index in [9.17, 15) is 9.59 Å². The number of allylic oxidation sites excluding steroid dienone is 4. The van der Waals surface area contributed by atoms with Crippen LogP contribution >= 0.6 is 0 Å². The van der Waals surface area contributed by atoms with Gasteiger partial charge in [0, 0.05) is 0 Å². The molecule has 0 spiro atoms. The van der Waals surface area contributed by atoms with Gasteiger partial charge >= 0.3 is 0 Å². The topological polar surface area (TPSA) is 34.1 Å². The van der Waals surface area contributed by atoms with Crippen LogP contribution in [0.15, 0.2) is 48.6 Å². The molecular formula is C14H12O2. The Labute approximate surface area is 94.3 Å². The van der Waals surface area contributed by atoms with E-state index in [4.69, 9.17) is 0 Å². The molecule has 0 aromatic heterocycles. The van der Waals surface area contributed by atoms with Crippen LogP contribution in [0.1, 0.15) is 12.0 Å². The van der Waals surface area contributed by atoms with Crippen LogP contribution in [-0.2, 0) is 9.59 Å². The van der Waals surface area contributed by atoms with Crippen molar-refractivity contribution < 1.29 is 9.59 Å². The standard InChI is InChI=1S/C14H12O2/c15-10-14(11-16)8-4-7-13(9-14)12-5-2-1-3-6-12/h1-8,10-11H,9H2. The van der Waals surface area contributed by atoms with Crippen molar-refractivity contribution >= 4 is 18.1 Å². The van der Waals surface area contributed by atoms with Crippen molar-refractivity contribution in [2.75, 3.05) is 0 Å². The fourth-order valence-electron chi connectivity index (χ4n) is 1.83. The monoisotopic (exact) mass is 212 g/mol. The molecule has 2 nitrogen and oxygen atoms in total. The van der Waals surface area contributed by atoms with Crippen LogP contribution < -0.4 is 0 Å². The van der Waals surface area contributed by atoms with E-state index in [2.05, 4.69) is 0 Å². The first-order chi connectivity index (χ1) is 7.79. The second-order valence-electron chi connectivity index (χ2n) is 3.94. The lowest BCUT2D eigenvalue weighted by Gasteiger charge is -2.22. The fraction of sp³-hybridized carbons (Fsp3) is 0.143. The second kappa shape index (κ2) is 4.27. The van der Waals surface area contributed by atoms with Crippen LogP contribution in [0, 0.1) is 5.41 Å². The van der Waals surface area contributed by atoms with Gasteiger partial charge in [0.2, 0.25) is 0 Å². The lowest BCUT2D eigenvalue weighted by atomic mass is 9.79. The first-order valence-corrected chi connectivity index (χ1v) is 5.16. The molecule has 2 rings (SSSR count). The van der Waals surface area contributed by atoms with Gasteiger partial charge in [-0.3, -0.25) is 0 Å². The molecule has 0 unspecified atom stereocenters. The van der Waals surface area contributed by atoms with Crippen LogP contribution in [0.25, 0.3) is 5.57 Å². The first kappa shape index (κ1) is 10.6. The molecule has 0 aliphatic heterocycles. The van der Waals surface area contributed by atoms with Gasteiger partial charge in [0.05, 0.1) is 0 Å². The Hall–Kier alpha value is -1.96. The Kier molecular flexibility index (Phi) is 2.82. The van der Waals surface area contributed by atoms with Crippen LogP contribution in [0.3, 0.4) is 0 Å². The summed E-state index contributed by atoms with van der Waals surface area (Å²) >= 11 is 0. The van der Waals surface area contributed by atoms with Crippen molar-refractivity contribution in [3.8, 4) is 0 Å². The van der Waals surface area contributed by atoms with Gasteiger partial charge in [-0.05, 0) is 17.6 Å². The average Bonchev–Trinajstić information content (AvgIpc) is 2.40. The predicted molar refractivity (Wildman–Crippen MR) is 62.7 cm³/mol. The number of hydrogen-bond donors (Lipinski definition) is 0. The smallest absolute Gasteiger partial charge is 0.137 e. The van der Waals surface area contributed by atoms with Crippen LogP contribution in [0.4, 0.5) is 0 Å². The molecule has 0 amide bonds. The van der Waals surface area contributed by atoms with Gasteiger partial charge in [-0.1, -0.05) is 48.6 Å². The quantitative estimate of drug-likeness (QED) is 0.569. The molecule has 1 aliphatic carbocycles. The molecular weight excluding hydrogens is 200 g/mol. The number of carbonyl (C=O) groups excluding carboxylic acids is 2. The summed E-state index contributed by atoms with van der Waals surface area (Å²) in [7, 11) is 0. The molecule has 0 saturated carbocycles. The van der Waals surface area contributed by atoms with E-state index in [1.54, 1.807) is 12.2 Å². The highest BCUT2D eigenvalue weighted by molar-refractivity contribution is 5.91. The molecule has 0 fully saturated rings. The molecule has 0 saturated heterocycles. The third-order valence-electron chi connectivity index (χ3n) is 2.78. The minimum atomic E-state index is -0.972. The Bertz CT molecular complexity index is 447. The lowest BCUT2D eigenvalue weighted by Crippen LogP contribution is -2.23. The maximum Gasteiger partial charge on any atom is 0.137 e. The Morgan fingerprint density at radius 2 is 1.75 bits per heavy atom. The maximum atomic E-state index is 11.0.